The fraction of sp³-hybridized carbons (Fsp3) is 1.00. The largest absolute Gasteiger partial charge is 0.374 e. The van der Waals surface area contributed by atoms with E-state index in [2.05, 4.69) is 20.8 Å². The van der Waals surface area contributed by atoms with Crippen molar-refractivity contribution < 1.29 is 4.74 Å². The number of ether oxygens (including phenoxy) is 1. The summed E-state index contributed by atoms with van der Waals surface area (Å²) in [5.41, 5.74) is 5.99. The first-order chi connectivity index (χ1) is 8.62. The van der Waals surface area contributed by atoms with E-state index in [0.717, 1.165) is 18.4 Å². The fourth-order valence-electron chi connectivity index (χ4n) is 3.09. The molecule has 0 atom stereocenters. The highest BCUT2D eigenvalue weighted by atomic mass is 16.5. The Balaban J connectivity index is 2.27. The predicted octanol–water partition coefficient (Wildman–Crippen LogP) is 4.13. The van der Waals surface area contributed by atoms with Gasteiger partial charge in [0.15, 0.2) is 0 Å². The van der Waals surface area contributed by atoms with Crippen LogP contribution in [0.2, 0.25) is 0 Å². The zero-order chi connectivity index (χ0) is 13.4. The summed E-state index contributed by atoms with van der Waals surface area (Å²) in [6.45, 7) is 8.43. The standard InChI is InChI=1S/C16H33NO/c1-4-6-15-8-10-16(13-17,11-9-15)18-12-5-7-14(2)3/h14-15H,4-13,17H2,1-3H3. The molecular weight excluding hydrogens is 222 g/mol. The third kappa shape index (κ3) is 5.27. The highest BCUT2D eigenvalue weighted by molar-refractivity contribution is 4.88. The van der Waals surface area contributed by atoms with Crippen LogP contribution in [0.3, 0.4) is 0 Å². The van der Waals surface area contributed by atoms with Gasteiger partial charge in [0, 0.05) is 13.2 Å². The highest BCUT2D eigenvalue weighted by Crippen LogP contribution is 2.36. The van der Waals surface area contributed by atoms with Gasteiger partial charge in [-0.3, -0.25) is 0 Å². The minimum Gasteiger partial charge on any atom is -0.374 e. The van der Waals surface area contributed by atoms with E-state index in [1.165, 1.54) is 51.4 Å². The van der Waals surface area contributed by atoms with E-state index in [1.807, 2.05) is 0 Å². The van der Waals surface area contributed by atoms with Crippen molar-refractivity contribution in [2.24, 2.45) is 17.6 Å². The van der Waals surface area contributed by atoms with Crippen molar-refractivity contribution in [3.8, 4) is 0 Å². The zero-order valence-corrected chi connectivity index (χ0v) is 12.7. The summed E-state index contributed by atoms with van der Waals surface area (Å²) in [4.78, 5) is 0. The second-order valence-corrected chi connectivity index (χ2v) is 6.50. The van der Waals surface area contributed by atoms with Gasteiger partial charge in [-0.25, -0.2) is 0 Å². The molecule has 0 aliphatic heterocycles. The van der Waals surface area contributed by atoms with Gasteiger partial charge in [0.2, 0.25) is 0 Å². The van der Waals surface area contributed by atoms with Gasteiger partial charge in [0.25, 0.3) is 0 Å². The van der Waals surface area contributed by atoms with E-state index < -0.39 is 0 Å². The van der Waals surface area contributed by atoms with Gasteiger partial charge in [0.1, 0.15) is 0 Å². The topological polar surface area (TPSA) is 35.2 Å². The summed E-state index contributed by atoms with van der Waals surface area (Å²) in [7, 11) is 0. The Morgan fingerprint density at radius 2 is 1.94 bits per heavy atom. The first kappa shape index (κ1) is 16.0. The molecule has 0 spiro atoms. The van der Waals surface area contributed by atoms with Crippen molar-refractivity contribution in [1.29, 1.82) is 0 Å². The Morgan fingerprint density at radius 3 is 2.44 bits per heavy atom. The van der Waals surface area contributed by atoms with Crippen LogP contribution in [0, 0.1) is 11.8 Å². The maximum atomic E-state index is 6.17. The number of rotatable bonds is 8. The molecule has 0 heterocycles. The molecule has 0 unspecified atom stereocenters. The molecule has 0 aromatic heterocycles. The molecule has 2 heteroatoms. The molecule has 0 bridgehead atoms. The van der Waals surface area contributed by atoms with Crippen LogP contribution in [-0.4, -0.2) is 18.8 Å². The molecule has 1 saturated carbocycles. The maximum absolute atomic E-state index is 6.17. The molecule has 2 nitrogen and oxygen atoms in total. The van der Waals surface area contributed by atoms with Crippen LogP contribution in [0.25, 0.3) is 0 Å². The van der Waals surface area contributed by atoms with Gasteiger partial charge in [0.05, 0.1) is 5.60 Å². The summed E-state index contributed by atoms with van der Waals surface area (Å²) in [6.07, 6.45) is 10.1. The number of hydrogen-bond acceptors (Lipinski definition) is 2. The molecule has 1 fully saturated rings. The Hall–Kier alpha value is -0.0800. The van der Waals surface area contributed by atoms with Crippen LogP contribution >= 0.6 is 0 Å². The average Bonchev–Trinajstić information content (AvgIpc) is 2.37. The molecule has 0 amide bonds. The molecule has 1 aliphatic carbocycles. The Labute approximate surface area is 114 Å². The van der Waals surface area contributed by atoms with Crippen LogP contribution in [-0.2, 0) is 4.74 Å². The van der Waals surface area contributed by atoms with E-state index in [4.69, 9.17) is 10.5 Å². The summed E-state index contributed by atoms with van der Waals surface area (Å²) >= 11 is 0. The minimum absolute atomic E-state index is 0.0151. The second-order valence-electron chi connectivity index (χ2n) is 6.50. The van der Waals surface area contributed by atoms with Gasteiger partial charge >= 0.3 is 0 Å². The van der Waals surface area contributed by atoms with E-state index in [-0.39, 0.29) is 5.60 Å². The van der Waals surface area contributed by atoms with Crippen LogP contribution in [0.4, 0.5) is 0 Å². The lowest BCUT2D eigenvalue weighted by atomic mass is 9.77. The van der Waals surface area contributed by atoms with Crippen LogP contribution in [0.5, 0.6) is 0 Å². The first-order valence-corrected chi connectivity index (χ1v) is 7.96. The molecule has 0 saturated heterocycles. The lowest BCUT2D eigenvalue weighted by Crippen LogP contribution is -2.44. The lowest BCUT2D eigenvalue weighted by Gasteiger charge is -2.39. The van der Waals surface area contributed by atoms with E-state index >= 15 is 0 Å². The number of nitrogens with two attached hydrogens (primary N) is 1. The van der Waals surface area contributed by atoms with Crippen LogP contribution < -0.4 is 5.73 Å². The quantitative estimate of drug-likeness (QED) is 0.662. The lowest BCUT2D eigenvalue weighted by molar-refractivity contribution is -0.0734. The fourth-order valence-corrected chi connectivity index (χ4v) is 3.09. The van der Waals surface area contributed by atoms with Gasteiger partial charge in [-0.15, -0.1) is 0 Å². The van der Waals surface area contributed by atoms with Gasteiger partial charge in [-0.2, -0.15) is 0 Å². The molecule has 108 valence electrons. The van der Waals surface area contributed by atoms with Crippen molar-refractivity contribution in [3.05, 3.63) is 0 Å². The van der Waals surface area contributed by atoms with Crippen molar-refractivity contribution >= 4 is 0 Å². The summed E-state index contributed by atoms with van der Waals surface area (Å²) in [5, 5.41) is 0. The molecule has 1 rings (SSSR count). The van der Waals surface area contributed by atoms with Crippen LogP contribution in [0.1, 0.15) is 72.1 Å². The van der Waals surface area contributed by atoms with Gasteiger partial charge in [-0.1, -0.05) is 33.6 Å². The normalized spacial score (nSPS) is 28.8. The van der Waals surface area contributed by atoms with Gasteiger partial charge in [-0.05, 0) is 50.4 Å². The third-order valence-corrected chi connectivity index (χ3v) is 4.42. The molecule has 1 aliphatic rings. The smallest absolute Gasteiger partial charge is 0.0804 e. The van der Waals surface area contributed by atoms with E-state index in [0.29, 0.717) is 6.54 Å². The van der Waals surface area contributed by atoms with Crippen molar-refractivity contribution in [1.82, 2.24) is 0 Å². The average molecular weight is 255 g/mol. The van der Waals surface area contributed by atoms with Crippen molar-refractivity contribution in [3.63, 3.8) is 0 Å². The predicted molar refractivity (Wildman–Crippen MR) is 78.7 cm³/mol. The Bertz CT molecular complexity index is 207. The van der Waals surface area contributed by atoms with Crippen molar-refractivity contribution in [2.75, 3.05) is 13.2 Å². The number of hydrogen-bond donors (Lipinski definition) is 1. The molecule has 0 aromatic carbocycles. The maximum Gasteiger partial charge on any atom is 0.0804 e. The third-order valence-electron chi connectivity index (χ3n) is 4.42. The molecular formula is C16H33NO. The monoisotopic (exact) mass is 255 g/mol. The molecule has 0 aromatic rings. The summed E-state index contributed by atoms with van der Waals surface area (Å²) in [6, 6.07) is 0. The highest BCUT2D eigenvalue weighted by Gasteiger charge is 2.34. The molecule has 2 N–H and O–H groups in total. The molecule has 18 heavy (non-hydrogen) atoms. The van der Waals surface area contributed by atoms with Crippen LogP contribution in [0.15, 0.2) is 0 Å². The Morgan fingerprint density at radius 1 is 1.28 bits per heavy atom. The van der Waals surface area contributed by atoms with E-state index in [9.17, 15) is 0 Å². The summed E-state index contributed by atoms with van der Waals surface area (Å²) < 4.78 is 6.17. The summed E-state index contributed by atoms with van der Waals surface area (Å²) in [5.74, 6) is 1.71. The SMILES string of the molecule is CCCC1CCC(CN)(OCCCC(C)C)CC1. The second kappa shape index (κ2) is 8.16. The Kier molecular flexibility index (Phi) is 7.25. The molecule has 0 radical (unpaired) electrons. The minimum atomic E-state index is 0.0151. The van der Waals surface area contributed by atoms with Gasteiger partial charge < -0.3 is 10.5 Å². The zero-order valence-electron chi connectivity index (χ0n) is 12.7. The van der Waals surface area contributed by atoms with Crippen molar-refractivity contribution in [2.45, 2.75) is 77.7 Å². The van der Waals surface area contributed by atoms with E-state index in [1.54, 1.807) is 0 Å². The first-order valence-electron chi connectivity index (χ1n) is 7.96.